The minimum atomic E-state index is -0.0128. The van der Waals surface area contributed by atoms with E-state index < -0.39 is 0 Å². The number of nitrogens with two attached hydrogens (primary N) is 1. The molecule has 0 aromatic carbocycles. The lowest BCUT2D eigenvalue weighted by molar-refractivity contribution is 0.241. The molecule has 1 atom stereocenters. The SMILES string of the molecule is CCC(C)n1ccc(CC2(N)CCC(C)CC2)n1. The molecule has 102 valence electrons. The summed E-state index contributed by atoms with van der Waals surface area (Å²) in [6, 6.07) is 2.62. The maximum Gasteiger partial charge on any atom is 0.0643 e. The summed E-state index contributed by atoms with van der Waals surface area (Å²) >= 11 is 0. The van der Waals surface area contributed by atoms with E-state index in [-0.39, 0.29) is 5.54 Å². The zero-order valence-electron chi connectivity index (χ0n) is 12.0. The number of hydrogen-bond donors (Lipinski definition) is 1. The van der Waals surface area contributed by atoms with E-state index in [1.807, 2.05) is 0 Å². The highest BCUT2D eigenvalue weighted by atomic mass is 15.3. The van der Waals surface area contributed by atoms with Gasteiger partial charge in [-0.3, -0.25) is 4.68 Å². The van der Waals surface area contributed by atoms with E-state index in [4.69, 9.17) is 5.73 Å². The molecule has 2 rings (SSSR count). The molecule has 0 saturated heterocycles. The van der Waals surface area contributed by atoms with Crippen LogP contribution in [0.15, 0.2) is 12.3 Å². The summed E-state index contributed by atoms with van der Waals surface area (Å²) in [4.78, 5) is 0. The third-order valence-electron chi connectivity index (χ3n) is 4.51. The summed E-state index contributed by atoms with van der Waals surface area (Å²) in [6.07, 6.45) is 8.97. The summed E-state index contributed by atoms with van der Waals surface area (Å²) in [7, 11) is 0. The Bertz CT molecular complexity index is 375. The van der Waals surface area contributed by atoms with Gasteiger partial charge in [0.1, 0.15) is 0 Å². The van der Waals surface area contributed by atoms with Gasteiger partial charge < -0.3 is 5.73 Å². The van der Waals surface area contributed by atoms with Gasteiger partial charge in [0.15, 0.2) is 0 Å². The Hall–Kier alpha value is -0.830. The predicted molar refractivity (Wildman–Crippen MR) is 75.5 cm³/mol. The second-order valence-electron chi connectivity index (χ2n) is 6.27. The Morgan fingerprint density at radius 3 is 2.78 bits per heavy atom. The lowest BCUT2D eigenvalue weighted by Crippen LogP contribution is -2.45. The molecule has 1 saturated carbocycles. The molecule has 1 aliphatic carbocycles. The molecule has 1 aromatic rings. The maximum atomic E-state index is 6.52. The van der Waals surface area contributed by atoms with Crippen LogP contribution in [0.5, 0.6) is 0 Å². The Kier molecular flexibility index (Phi) is 4.10. The van der Waals surface area contributed by atoms with Crippen LogP contribution < -0.4 is 5.73 Å². The normalized spacial score (nSPS) is 30.3. The van der Waals surface area contributed by atoms with Crippen LogP contribution in [-0.2, 0) is 6.42 Å². The van der Waals surface area contributed by atoms with Crippen molar-refractivity contribution in [2.45, 2.75) is 70.9 Å². The summed E-state index contributed by atoms with van der Waals surface area (Å²) in [5, 5.41) is 4.68. The van der Waals surface area contributed by atoms with Gasteiger partial charge in [0.25, 0.3) is 0 Å². The van der Waals surface area contributed by atoms with Gasteiger partial charge in [-0.15, -0.1) is 0 Å². The zero-order chi connectivity index (χ0) is 13.2. The first-order valence-corrected chi connectivity index (χ1v) is 7.35. The molecule has 1 unspecified atom stereocenters. The molecule has 0 amide bonds. The first-order chi connectivity index (χ1) is 8.52. The monoisotopic (exact) mass is 249 g/mol. The van der Waals surface area contributed by atoms with Crippen molar-refractivity contribution < 1.29 is 0 Å². The van der Waals surface area contributed by atoms with E-state index in [2.05, 4.69) is 42.8 Å². The minimum Gasteiger partial charge on any atom is -0.325 e. The van der Waals surface area contributed by atoms with Gasteiger partial charge in [0, 0.05) is 24.2 Å². The van der Waals surface area contributed by atoms with Gasteiger partial charge in [-0.25, -0.2) is 0 Å². The number of hydrogen-bond acceptors (Lipinski definition) is 2. The van der Waals surface area contributed by atoms with E-state index in [1.54, 1.807) is 0 Å². The third-order valence-corrected chi connectivity index (χ3v) is 4.51. The second-order valence-corrected chi connectivity index (χ2v) is 6.27. The van der Waals surface area contributed by atoms with Crippen LogP contribution in [0.2, 0.25) is 0 Å². The van der Waals surface area contributed by atoms with Gasteiger partial charge >= 0.3 is 0 Å². The van der Waals surface area contributed by atoms with Crippen molar-refractivity contribution >= 4 is 0 Å². The lowest BCUT2D eigenvalue weighted by atomic mass is 9.75. The Balaban J connectivity index is 1.98. The van der Waals surface area contributed by atoms with Gasteiger partial charge in [-0.05, 0) is 51.0 Å². The quantitative estimate of drug-likeness (QED) is 0.889. The molecular formula is C15H27N3. The highest BCUT2D eigenvalue weighted by Crippen LogP contribution is 2.32. The van der Waals surface area contributed by atoms with E-state index in [0.29, 0.717) is 6.04 Å². The summed E-state index contributed by atoms with van der Waals surface area (Å²) in [5.41, 5.74) is 7.67. The van der Waals surface area contributed by atoms with Crippen LogP contribution in [0.1, 0.15) is 64.6 Å². The number of rotatable bonds is 4. The molecule has 18 heavy (non-hydrogen) atoms. The topological polar surface area (TPSA) is 43.8 Å². The molecule has 1 aliphatic rings. The average Bonchev–Trinajstić information content (AvgIpc) is 2.80. The van der Waals surface area contributed by atoms with E-state index in [9.17, 15) is 0 Å². The van der Waals surface area contributed by atoms with Crippen molar-refractivity contribution in [1.82, 2.24) is 9.78 Å². The summed E-state index contributed by atoms with van der Waals surface area (Å²) in [5.74, 6) is 0.847. The third kappa shape index (κ3) is 3.14. The van der Waals surface area contributed by atoms with Crippen molar-refractivity contribution in [2.24, 2.45) is 11.7 Å². The lowest BCUT2D eigenvalue weighted by Gasteiger charge is -2.35. The van der Waals surface area contributed by atoms with Crippen molar-refractivity contribution in [2.75, 3.05) is 0 Å². The summed E-state index contributed by atoms with van der Waals surface area (Å²) in [6.45, 7) is 6.73. The number of aromatic nitrogens is 2. The highest BCUT2D eigenvalue weighted by Gasteiger charge is 2.31. The zero-order valence-corrected chi connectivity index (χ0v) is 12.0. The van der Waals surface area contributed by atoms with E-state index >= 15 is 0 Å². The molecule has 1 fully saturated rings. The van der Waals surface area contributed by atoms with E-state index in [0.717, 1.165) is 37.3 Å². The van der Waals surface area contributed by atoms with Gasteiger partial charge in [0.2, 0.25) is 0 Å². The molecule has 0 bridgehead atoms. The van der Waals surface area contributed by atoms with Crippen LogP contribution in [0.3, 0.4) is 0 Å². The fourth-order valence-corrected chi connectivity index (χ4v) is 2.78. The van der Waals surface area contributed by atoms with Crippen molar-refractivity contribution in [1.29, 1.82) is 0 Å². The van der Waals surface area contributed by atoms with E-state index in [1.165, 1.54) is 12.8 Å². The van der Waals surface area contributed by atoms with Crippen molar-refractivity contribution in [3.63, 3.8) is 0 Å². The molecule has 0 spiro atoms. The first kappa shape index (κ1) is 13.6. The Morgan fingerprint density at radius 1 is 1.50 bits per heavy atom. The van der Waals surface area contributed by atoms with Gasteiger partial charge in [-0.1, -0.05) is 13.8 Å². The molecule has 0 aliphatic heterocycles. The fraction of sp³-hybridized carbons (Fsp3) is 0.800. The molecule has 3 heteroatoms. The largest absolute Gasteiger partial charge is 0.325 e. The van der Waals surface area contributed by atoms with Crippen LogP contribution >= 0.6 is 0 Å². The van der Waals surface area contributed by atoms with Crippen molar-refractivity contribution in [3.05, 3.63) is 18.0 Å². The van der Waals surface area contributed by atoms with Gasteiger partial charge in [-0.2, -0.15) is 5.10 Å². The minimum absolute atomic E-state index is 0.0128. The standard InChI is InChI=1S/C15H27N3/c1-4-13(3)18-10-7-14(17-18)11-15(16)8-5-12(2)6-9-15/h7,10,12-13H,4-6,8-9,11,16H2,1-3H3. The average molecular weight is 249 g/mol. The number of nitrogens with zero attached hydrogens (tertiary/aromatic N) is 2. The maximum absolute atomic E-state index is 6.52. The Morgan fingerprint density at radius 2 is 2.17 bits per heavy atom. The predicted octanol–water partition coefficient (Wildman–Crippen LogP) is 3.30. The molecule has 2 N–H and O–H groups in total. The molecule has 1 aromatic heterocycles. The molecule has 0 radical (unpaired) electrons. The summed E-state index contributed by atoms with van der Waals surface area (Å²) < 4.78 is 2.07. The van der Waals surface area contributed by atoms with Crippen LogP contribution in [0.25, 0.3) is 0 Å². The van der Waals surface area contributed by atoms with Crippen LogP contribution in [0, 0.1) is 5.92 Å². The smallest absolute Gasteiger partial charge is 0.0643 e. The first-order valence-electron chi connectivity index (χ1n) is 7.35. The Labute approximate surface area is 111 Å². The molecule has 3 nitrogen and oxygen atoms in total. The fourth-order valence-electron chi connectivity index (χ4n) is 2.78. The molecular weight excluding hydrogens is 222 g/mol. The van der Waals surface area contributed by atoms with Gasteiger partial charge in [0.05, 0.1) is 5.69 Å². The highest BCUT2D eigenvalue weighted by molar-refractivity contribution is 5.07. The molecule has 1 heterocycles. The van der Waals surface area contributed by atoms with Crippen LogP contribution in [0.4, 0.5) is 0 Å². The van der Waals surface area contributed by atoms with Crippen molar-refractivity contribution in [3.8, 4) is 0 Å². The second kappa shape index (κ2) is 5.43. The van der Waals surface area contributed by atoms with Crippen LogP contribution in [-0.4, -0.2) is 15.3 Å².